The highest BCUT2D eigenvalue weighted by Crippen LogP contribution is 2.27. The number of hydrogen-bond donors (Lipinski definition) is 1. The van der Waals surface area contributed by atoms with E-state index >= 15 is 0 Å². The van der Waals surface area contributed by atoms with Gasteiger partial charge in [0.25, 0.3) is 0 Å². The lowest BCUT2D eigenvalue weighted by atomic mass is 10.0. The molecule has 0 spiro atoms. The monoisotopic (exact) mass is 326 g/mol. The Hall–Kier alpha value is -1.48. The van der Waals surface area contributed by atoms with Gasteiger partial charge < -0.3 is 5.11 Å². The van der Waals surface area contributed by atoms with E-state index < -0.39 is 5.97 Å². The van der Waals surface area contributed by atoms with E-state index in [1.807, 2.05) is 0 Å². The lowest BCUT2D eigenvalue weighted by molar-refractivity contribution is -0.130. The Morgan fingerprint density at radius 1 is 0.950 bits per heavy atom. The van der Waals surface area contributed by atoms with Gasteiger partial charge in [-0.15, -0.1) is 0 Å². The van der Waals surface area contributed by atoms with Crippen molar-refractivity contribution in [2.75, 3.05) is 0 Å². The summed E-state index contributed by atoms with van der Waals surface area (Å²) in [5.74, 6) is -1.04. The first-order chi connectivity index (χ1) is 9.47. The van der Waals surface area contributed by atoms with E-state index in [-0.39, 0.29) is 5.57 Å². The molecule has 0 amide bonds. The lowest BCUT2D eigenvalue weighted by Crippen LogP contribution is -1.99. The van der Waals surface area contributed by atoms with Crippen LogP contribution in [0.2, 0.25) is 15.1 Å². The molecule has 0 aliphatic rings. The molecular formula is C15H9Cl3O2. The minimum absolute atomic E-state index is 0.130. The van der Waals surface area contributed by atoms with Crippen LogP contribution in [0.4, 0.5) is 0 Å². The molecule has 2 rings (SSSR count). The minimum Gasteiger partial charge on any atom is -0.478 e. The SMILES string of the molecule is O=C(O)/C(=C\c1ccc(Cl)cc1)c1ccc(Cl)c(Cl)c1. The van der Waals surface area contributed by atoms with Gasteiger partial charge in [0.15, 0.2) is 0 Å². The molecule has 1 N–H and O–H groups in total. The van der Waals surface area contributed by atoms with Crippen LogP contribution in [-0.2, 0) is 4.79 Å². The summed E-state index contributed by atoms with van der Waals surface area (Å²) in [7, 11) is 0. The second kappa shape index (κ2) is 6.31. The molecule has 0 saturated heterocycles. The molecule has 2 aromatic rings. The molecule has 5 heteroatoms. The van der Waals surface area contributed by atoms with Gasteiger partial charge in [-0.2, -0.15) is 0 Å². The highest BCUT2D eigenvalue weighted by atomic mass is 35.5. The van der Waals surface area contributed by atoms with Gasteiger partial charge in [0.1, 0.15) is 0 Å². The molecule has 2 nitrogen and oxygen atoms in total. The number of benzene rings is 2. The average Bonchev–Trinajstić information content (AvgIpc) is 2.41. The fraction of sp³-hybridized carbons (Fsp3) is 0. The third-order valence-corrected chi connectivity index (χ3v) is 3.63. The molecule has 0 unspecified atom stereocenters. The average molecular weight is 328 g/mol. The molecule has 0 heterocycles. The van der Waals surface area contributed by atoms with Crippen LogP contribution in [0.1, 0.15) is 11.1 Å². The van der Waals surface area contributed by atoms with Crippen LogP contribution in [0.5, 0.6) is 0 Å². The fourth-order valence-corrected chi connectivity index (χ4v) is 2.08. The van der Waals surface area contributed by atoms with Crippen molar-refractivity contribution in [1.82, 2.24) is 0 Å². The van der Waals surface area contributed by atoms with E-state index in [2.05, 4.69) is 0 Å². The molecule has 102 valence electrons. The van der Waals surface area contributed by atoms with E-state index in [1.165, 1.54) is 6.07 Å². The topological polar surface area (TPSA) is 37.3 Å². The molecule has 0 aliphatic carbocycles. The van der Waals surface area contributed by atoms with Crippen LogP contribution in [-0.4, -0.2) is 11.1 Å². The highest BCUT2D eigenvalue weighted by Gasteiger charge is 2.12. The number of carboxylic acids is 1. The number of carboxylic acid groups (broad SMARTS) is 1. The van der Waals surface area contributed by atoms with Gasteiger partial charge in [0.05, 0.1) is 15.6 Å². The second-order valence-electron chi connectivity index (χ2n) is 4.04. The largest absolute Gasteiger partial charge is 0.478 e. The fourth-order valence-electron chi connectivity index (χ4n) is 1.66. The van der Waals surface area contributed by atoms with Gasteiger partial charge >= 0.3 is 5.97 Å². The van der Waals surface area contributed by atoms with Gasteiger partial charge in [0, 0.05) is 5.02 Å². The standard InChI is InChI=1S/C15H9Cl3O2/c16-11-4-1-9(2-5-11)7-12(15(19)20)10-3-6-13(17)14(18)8-10/h1-8H,(H,19,20)/b12-7-. The smallest absolute Gasteiger partial charge is 0.336 e. The van der Waals surface area contributed by atoms with Crippen LogP contribution in [0.3, 0.4) is 0 Å². The lowest BCUT2D eigenvalue weighted by Gasteiger charge is -2.05. The third-order valence-electron chi connectivity index (χ3n) is 2.64. The summed E-state index contributed by atoms with van der Waals surface area (Å²) < 4.78 is 0. The zero-order valence-electron chi connectivity index (χ0n) is 10.1. The summed E-state index contributed by atoms with van der Waals surface area (Å²) in [4.78, 5) is 11.4. The summed E-state index contributed by atoms with van der Waals surface area (Å²) in [5, 5.41) is 10.6. The molecule has 0 aromatic heterocycles. The van der Waals surface area contributed by atoms with Crippen LogP contribution >= 0.6 is 34.8 Å². The predicted octanol–water partition coefficient (Wildman–Crippen LogP) is 5.27. The van der Waals surface area contributed by atoms with Crippen LogP contribution in [0, 0.1) is 0 Å². The van der Waals surface area contributed by atoms with Crippen molar-refractivity contribution in [1.29, 1.82) is 0 Å². The number of aliphatic carboxylic acids is 1. The van der Waals surface area contributed by atoms with Crippen molar-refractivity contribution in [3.63, 3.8) is 0 Å². The molecular weight excluding hydrogens is 319 g/mol. The zero-order chi connectivity index (χ0) is 14.7. The Balaban J connectivity index is 2.48. The molecule has 0 fully saturated rings. The van der Waals surface area contributed by atoms with Crippen molar-refractivity contribution >= 4 is 52.4 Å². The summed E-state index contributed by atoms with van der Waals surface area (Å²) in [5.41, 5.74) is 1.35. The van der Waals surface area contributed by atoms with E-state index in [9.17, 15) is 9.90 Å². The van der Waals surface area contributed by atoms with Gasteiger partial charge in [-0.05, 0) is 41.5 Å². The maximum absolute atomic E-state index is 11.4. The first-order valence-electron chi connectivity index (χ1n) is 5.63. The molecule has 0 aliphatic heterocycles. The highest BCUT2D eigenvalue weighted by molar-refractivity contribution is 6.42. The van der Waals surface area contributed by atoms with Gasteiger partial charge in [0.2, 0.25) is 0 Å². The van der Waals surface area contributed by atoms with E-state index in [0.717, 1.165) is 5.56 Å². The number of hydrogen-bond acceptors (Lipinski definition) is 1. The zero-order valence-corrected chi connectivity index (χ0v) is 12.4. The van der Waals surface area contributed by atoms with Crippen LogP contribution in [0.15, 0.2) is 42.5 Å². The van der Waals surface area contributed by atoms with Gasteiger partial charge in [-0.25, -0.2) is 4.79 Å². The maximum Gasteiger partial charge on any atom is 0.336 e. The van der Waals surface area contributed by atoms with Crippen molar-refractivity contribution < 1.29 is 9.90 Å². The van der Waals surface area contributed by atoms with Crippen LogP contribution < -0.4 is 0 Å². The Morgan fingerprint density at radius 3 is 2.15 bits per heavy atom. The Labute approximate surface area is 131 Å². The number of rotatable bonds is 3. The molecule has 20 heavy (non-hydrogen) atoms. The van der Waals surface area contributed by atoms with Crippen molar-refractivity contribution in [2.24, 2.45) is 0 Å². The quantitative estimate of drug-likeness (QED) is 0.616. The van der Waals surface area contributed by atoms with Crippen molar-refractivity contribution in [3.05, 3.63) is 68.7 Å². The minimum atomic E-state index is -1.04. The Bertz CT molecular complexity index is 676. The van der Waals surface area contributed by atoms with Crippen LogP contribution in [0.25, 0.3) is 11.6 Å². The van der Waals surface area contributed by atoms with Crippen molar-refractivity contribution in [2.45, 2.75) is 0 Å². The summed E-state index contributed by atoms with van der Waals surface area (Å²) in [6, 6.07) is 11.6. The third kappa shape index (κ3) is 3.54. The molecule has 0 bridgehead atoms. The Morgan fingerprint density at radius 2 is 1.60 bits per heavy atom. The molecule has 0 atom stereocenters. The first kappa shape index (κ1) is 14.9. The predicted molar refractivity (Wildman–Crippen MR) is 83.4 cm³/mol. The number of carbonyl (C=O) groups is 1. The molecule has 0 radical (unpaired) electrons. The molecule has 0 saturated carbocycles. The normalized spacial score (nSPS) is 11.4. The van der Waals surface area contributed by atoms with Gasteiger partial charge in [-0.3, -0.25) is 0 Å². The van der Waals surface area contributed by atoms with E-state index in [0.29, 0.717) is 20.6 Å². The summed E-state index contributed by atoms with van der Waals surface area (Å²) in [6.45, 7) is 0. The van der Waals surface area contributed by atoms with E-state index in [4.69, 9.17) is 34.8 Å². The maximum atomic E-state index is 11.4. The second-order valence-corrected chi connectivity index (χ2v) is 5.29. The van der Waals surface area contributed by atoms with Crippen molar-refractivity contribution in [3.8, 4) is 0 Å². The number of halogens is 3. The van der Waals surface area contributed by atoms with E-state index in [1.54, 1.807) is 42.5 Å². The first-order valence-corrected chi connectivity index (χ1v) is 6.77. The summed E-state index contributed by atoms with van der Waals surface area (Å²) >= 11 is 17.5. The Kier molecular flexibility index (Phi) is 4.71. The molecule has 2 aromatic carbocycles. The summed E-state index contributed by atoms with van der Waals surface area (Å²) in [6.07, 6.45) is 1.55. The van der Waals surface area contributed by atoms with Gasteiger partial charge in [-0.1, -0.05) is 53.0 Å².